The van der Waals surface area contributed by atoms with Crippen LogP contribution in [-0.2, 0) is 48.0 Å². The van der Waals surface area contributed by atoms with Gasteiger partial charge in [0.15, 0.2) is 9.84 Å². The van der Waals surface area contributed by atoms with Crippen molar-refractivity contribution in [3.63, 3.8) is 0 Å². The maximum absolute atomic E-state index is 13.3. The summed E-state index contributed by atoms with van der Waals surface area (Å²) < 4.78 is 48.3. The molecule has 0 saturated heterocycles. The summed E-state index contributed by atoms with van der Waals surface area (Å²) in [6, 6.07) is 23.7. The summed E-state index contributed by atoms with van der Waals surface area (Å²) in [5.41, 5.74) is 4.94. The molecule has 0 amide bonds. The molecule has 0 heterocycles. The first-order valence-electron chi connectivity index (χ1n) is 13.6. The maximum Gasteiger partial charge on any atom is 0.323 e. The summed E-state index contributed by atoms with van der Waals surface area (Å²) in [4.78, 5) is 13.4. The lowest BCUT2D eigenvalue weighted by Gasteiger charge is -2.19. The average Bonchev–Trinajstić information content (AvgIpc) is 3.01. The van der Waals surface area contributed by atoms with Gasteiger partial charge in [-0.25, -0.2) is 8.42 Å². The van der Waals surface area contributed by atoms with Gasteiger partial charge < -0.3 is 14.4 Å². The quantitative estimate of drug-likeness (QED) is 0.110. The summed E-state index contributed by atoms with van der Waals surface area (Å²) in [5, 5.41) is 13.7. The van der Waals surface area contributed by atoms with Crippen LogP contribution in [0.4, 0.5) is 0 Å². The first kappa shape index (κ1) is 34.3. The minimum absolute atomic E-state index is 0.0596. The zero-order valence-electron chi connectivity index (χ0n) is 24.4. The Kier molecular flexibility index (Phi) is 11.5. The smallest absolute Gasteiger partial charge is 0.323 e. The molecule has 4 aromatic rings. The van der Waals surface area contributed by atoms with Gasteiger partial charge in [-0.1, -0.05) is 77.7 Å². The van der Waals surface area contributed by atoms with Gasteiger partial charge in [0.1, 0.15) is 18.4 Å². The van der Waals surface area contributed by atoms with Gasteiger partial charge in [-0.15, -0.1) is 0 Å². The largest absolute Gasteiger partial charge is 0.508 e. The van der Waals surface area contributed by atoms with E-state index < -0.39 is 29.2 Å². The fourth-order valence-electron chi connectivity index (χ4n) is 4.31. The number of phenolic OH excluding ortho intramolecular Hbond substituents is 1. The first-order chi connectivity index (χ1) is 21.4. The van der Waals surface area contributed by atoms with Crippen molar-refractivity contribution in [2.24, 2.45) is 0 Å². The second-order valence-electron chi connectivity index (χ2n) is 10.1. The molecule has 0 aromatic heterocycles. The zero-order chi connectivity index (χ0) is 32.6. The van der Waals surface area contributed by atoms with Crippen molar-refractivity contribution in [1.82, 2.24) is 5.32 Å². The highest BCUT2D eigenvalue weighted by Gasteiger charge is 2.24. The van der Waals surface area contributed by atoms with Crippen LogP contribution in [0.15, 0.2) is 95.9 Å². The number of aromatic hydroxyl groups is 1. The van der Waals surface area contributed by atoms with Crippen LogP contribution >= 0.6 is 30.6 Å². The SMILES string of the molecule is COP(=O)(C#Cc1cc(Cl)c(CN[C@@H](Cc2cccc(S(C)(=O)=O)c2)C(=O)OCc2ccccc2)c(Cl)c1)c1cccc(O)c1. The normalized spacial score (nSPS) is 13.2. The van der Waals surface area contributed by atoms with Gasteiger partial charge in [-0.05, 0) is 65.7 Å². The molecule has 12 heteroatoms. The maximum atomic E-state index is 13.3. The van der Waals surface area contributed by atoms with E-state index >= 15 is 0 Å². The molecule has 0 aliphatic rings. The molecule has 45 heavy (non-hydrogen) atoms. The molecule has 0 aliphatic heterocycles. The number of halogens is 2. The molecule has 0 spiro atoms. The molecule has 234 valence electrons. The van der Waals surface area contributed by atoms with Crippen molar-refractivity contribution in [1.29, 1.82) is 0 Å². The van der Waals surface area contributed by atoms with Gasteiger partial charge in [0, 0.05) is 41.1 Å². The van der Waals surface area contributed by atoms with E-state index in [9.17, 15) is 22.9 Å². The number of ether oxygens (including phenoxy) is 1. The van der Waals surface area contributed by atoms with E-state index in [1.165, 1.54) is 31.4 Å². The predicted molar refractivity (Wildman–Crippen MR) is 176 cm³/mol. The highest BCUT2D eigenvalue weighted by Crippen LogP contribution is 2.44. The van der Waals surface area contributed by atoms with Gasteiger partial charge >= 0.3 is 13.3 Å². The van der Waals surface area contributed by atoms with E-state index in [2.05, 4.69) is 16.9 Å². The Balaban J connectivity index is 1.55. The van der Waals surface area contributed by atoms with Crippen LogP contribution in [-0.4, -0.2) is 38.9 Å². The highest BCUT2D eigenvalue weighted by atomic mass is 35.5. The van der Waals surface area contributed by atoms with Gasteiger partial charge in [0.05, 0.1) is 10.2 Å². The Morgan fingerprint density at radius 3 is 2.27 bits per heavy atom. The van der Waals surface area contributed by atoms with Gasteiger partial charge in [0.2, 0.25) is 0 Å². The zero-order valence-corrected chi connectivity index (χ0v) is 27.6. The monoisotopic (exact) mass is 685 g/mol. The lowest BCUT2D eigenvalue weighted by atomic mass is 10.1. The van der Waals surface area contributed by atoms with E-state index in [0.29, 0.717) is 16.7 Å². The van der Waals surface area contributed by atoms with Crippen LogP contribution < -0.4 is 10.6 Å². The van der Waals surface area contributed by atoms with Crippen LogP contribution in [0.2, 0.25) is 10.0 Å². The Bertz CT molecular complexity index is 1880. The molecule has 0 bridgehead atoms. The summed E-state index contributed by atoms with van der Waals surface area (Å²) in [5.74, 6) is 2.19. The Morgan fingerprint density at radius 1 is 0.956 bits per heavy atom. The Labute approximate surface area is 272 Å². The van der Waals surface area contributed by atoms with E-state index in [1.807, 2.05) is 30.3 Å². The number of carbonyl (C=O) groups excluding carboxylic acids is 1. The minimum Gasteiger partial charge on any atom is -0.508 e. The molecule has 4 aromatic carbocycles. The summed E-state index contributed by atoms with van der Waals surface area (Å²) in [6.07, 6.45) is 1.26. The standard InChI is InChI=1S/C33H30Cl2NO7PS/c1-42-44(39,27-12-7-11-26(37)20-27)15-14-25-17-30(34)29(31(35)18-25)21-36-32(33(38)43-22-23-8-4-3-5-9-23)19-24-10-6-13-28(16-24)45(2,40)41/h3-13,16-18,20,32,36-37H,19,21-22H2,1-2H3/t32-,44?/m0/s1. The summed E-state index contributed by atoms with van der Waals surface area (Å²) >= 11 is 13.2. The molecule has 1 unspecified atom stereocenters. The Hall–Kier alpha value is -3.61. The second-order valence-corrected chi connectivity index (χ2v) is 15.1. The van der Waals surface area contributed by atoms with Crippen LogP contribution in [0.3, 0.4) is 0 Å². The van der Waals surface area contributed by atoms with Crippen molar-refractivity contribution in [3.05, 3.63) is 123 Å². The summed E-state index contributed by atoms with van der Waals surface area (Å²) in [7, 11) is -5.79. The second kappa shape index (κ2) is 15.1. The Morgan fingerprint density at radius 2 is 1.62 bits per heavy atom. The fraction of sp³-hybridized carbons (Fsp3) is 0.182. The number of sulfone groups is 1. The number of rotatable bonds is 11. The fourth-order valence-corrected chi connectivity index (χ4v) is 6.91. The van der Waals surface area contributed by atoms with Crippen molar-refractivity contribution in [3.8, 4) is 17.3 Å². The number of hydrogen-bond donors (Lipinski definition) is 2. The van der Waals surface area contributed by atoms with Crippen LogP contribution in [0.5, 0.6) is 5.75 Å². The third-order valence-electron chi connectivity index (χ3n) is 6.72. The molecule has 2 N–H and O–H groups in total. The molecule has 2 atom stereocenters. The molecule has 4 rings (SSSR count). The van der Waals surface area contributed by atoms with Crippen molar-refractivity contribution in [2.45, 2.75) is 30.5 Å². The third kappa shape index (κ3) is 9.44. The first-order valence-corrected chi connectivity index (χ1v) is 17.8. The molecule has 0 aliphatic carbocycles. The van der Waals surface area contributed by atoms with E-state index in [4.69, 9.17) is 32.5 Å². The minimum atomic E-state index is -3.61. The molecular formula is C33H30Cl2NO7PS. The van der Waals surface area contributed by atoms with Gasteiger partial charge in [-0.2, -0.15) is 0 Å². The van der Waals surface area contributed by atoms with Crippen molar-refractivity contribution < 1.29 is 32.1 Å². The highest BCUT2D eigenvalue weighted by molar-refractivity contribution is 7.90. The molecule has 0 saturated carbocycles. The number of nitrogens with one attached hydrogen (secondary N) is 1. The lowest BCUT2D eigenvalue weighted by Crippen LogP contribution is -2.39. The van der Waals surface area contributed by atoms with Crippen LogP contribution in [0.25, 0.3) is 0 Å². The van der Waals surface area contributed by atoms with Crippen LogP contribution in [0.1, 0.15) is 22.3 Å². The number of esters is 1. The van der Waals surface area contributed by atoms with Gasteiger partial charge in [-0.3, -0.25) is 14.7 Å². The molecular weight excluding hydrogens is 656 g/mol. The molecule has 8 nitrogen and oxygen atoms in total. The van der Waals surface area contributed by atoms with Crippen molar-refractivity contribution in [2.75, 3.05) is 13.4 Å². The topological polar surface area (TPSA) is 119 Å². The number of hydrogen-bond acceptors (Lipinski definition) is 8. The lowest BCUT2D eigenvalue weighted by molar-refractivity contribution is -0.147. The average molecular weight is 687 g/mol. The van der Waals surface area contributed by atoms with E-state index in [0.717, 1.165) is 11.8 Å². The number of carbonyl (C=O) groups is 1. The van der Waals surface area contributed by atoms with Crippen LogP contribution in [0, 0.1) is 11.6 Å². The number of benzene rings is 4. The van der Waals surface area contributed by atoms with E-state index in [-0.39, 0.29) is 45.6 Å². The van der Waals surface area contributed by atoms with Gasteiger partial charge in [0.25, 0.3) is 0 Å². The molecule has 0 radical (unpaired) electrons. The van der Waals surface area contributed by atoms with Crippen molar-refractivity contribution >= 4 is 51.7 Å². The predicted octanol–water partition coefficient (Wildman–Crippen LogP) is 6.11. The van der Waals surface area contributed by atoms with E-state index in [1.54, 1.807) is 36.4 Å². The third-order valence-corrected chi connectivity index (χ3v) is 10.4. The number of phenols is 1. The molecule has 0 fully saturated rings. The summed E-state index contributed by atoms with van der Waals surface area (Å²) in [6.45, 7) is 0.131.